The zero-order chi connectivity index (χ0) is 14.0. The first-order chi connectivity index (χ1) is 8.93. The van der Waals surface area contributed by atoms with Gasteiger partial charge in [0.05, 0.1) is 12.7 Å². The van der Waals surface area contributed by atoms with E-state index >= 15 is 0 Å². The molecule has 0 amide bonds. The summed E-state index contributed by atoms with van der Waals surface area (Å²) in [6, 6.07) is 1.05. The Labute approximate surface area is 118 Å². The van der Waals surface area contributed by atoms with Crippen LogP contribution in [0.3, 0.4) is 0 Å². The maximum absolute atomic E-state index is 10.4. The Balaban J connectivity index is 2.01. The Bertz CT molecular complexity index is 283. The zero-order valence-corrected chi connectivity index (χ0v) is 13.1. The van der Waals surface area contributed by atoms with E-state index in [4.69, 9.17) is 4.74 Å². The second-order valence-corrected chi connectivity index (χ2v) is 7.47. The first kappa shape index (κ1) is 15.3. The molecule has 0 spiro atoms. The molecule has 2 aliphatic carbocycles. The van der Waals surface area contributed by atoms with Crippen LogP contribution in [0, 0.1) is 11.3 Å². The third-order valence-corrected chi connectivity index (χ3v) is 5.00. The molecule has 0 aromatic heterocycles. The summed E-state index contributed by atoms with van der Waals surface area (Å²) in [5.41, 5.74) is 0.356. The molecule has 2 aliphatic rings. The van der Waals surface area contributed by atoms with E-state index in [9.17, 15) is 5.11 Å². The van der Waals surface area contributed by atoms with Crippen molar-refractivity contribution in [2.24, 2.45) is 11.3 Å². The van der Waals surface area contributed by atoms with Crippen molar-refractivity contribution in [3.63, 3.8) is 0 Å². The molecule has 19 heavy (non-hydrogen) atoms. The van der Waals surface area contributed by atoms with Crippen molar-refractivity contribution in [1.29, 1.82) is 0 Å². The molecule has 0 aromatic rings. The number of aliphatic hydroxyl groups is 1. The quantitative estimate of drug-likeness (QED) is 0.833. The summed E-state index contributed by atoms with van der Waals surface area (Å²) in [5.74, 6) is 0.727. The largest absolute Gasteiger partial charge is 0.391 e. The molecular formula is C16H31NO2. The second-order valence-electron chi connectivity index (χ2n) is 7.47. The van der Waals surface area contributed by atoms with Gasteiger partial charge in [0, 0.05) is 25.7 Å². The van der Waals surface area contributed by atoms with E-state index in [0.29, 0.717) is 17.5 Å². The number of ether oxygens (including phenoxy) is 1. The van der Waals surface area contributed by atoms with Gasteiger partial charge in [-0.2, -0.15) is 0 Å². The van der Waals surface area contributed by atoms with E-state index in [0.717, 1.165) is 31.9 Å². The summed E-state index contributed by atoms with van der Waals surface area (Å²) in [6.45, 7) is 8.76. The average Bonchev–Trinajstić information content (AvgIpc) is 3.14. The molecule has 3 nitrogen and oxygen atoms in total. The standard InChI is InChI=1S/C16H31NO2/c1-16(2,3)12-5-8-15(18)14(11-12)17(9-10-19-4)13-6-7-13/h12-15,18H,5-11H2,1-4H3. The lowest BCUT2D eigenvalue weighted by atomic mass is 9.70. The van der Waals surface area contributed by atoms with Crippen LogP contribution < -0.4 is 0 Å². The minimum absolute atomic E-state index is 0.143. The molecule has 112 valence electrons. The molecule has 3 atom stereocenters. The zero-order valence-electron chi connectivity index (χ0n) is 13.1. The van der Waals surface area contributed by atoms with E-state index in [-0.39, 0.29) is 6.10 Å². The molecular weight excluding hydrogens is 238 g/mol. The van der Waals surface area contributed by atoms with Crippen LogP contribution in [0.5, 0.6) is 0 Å². The van der Waals surface area contributed by atoms with Gasteiger partial charge in [-0.25, -0.2) is 0 Å². The molecule has 2 saturated carbocycles. The molecule has 1 N–H and O–H groups in total. The van der Waals surface area contributed by atoms with Crippen molar-refractivity contribution < 1.29 is 9.84 Å². The van der Waals surface area contributed by atoms with Crippen LogP contribution in [-0.2, 0) is 4.74 Å². The highest BCUT2D eigenvalue weighted by Gasteiger charge is 2.42. The smallest absolute Gasteiger partial charge is 0.0695 e. The number of hydrogen-bond donors (Lipinski definition) is 1. The second kappa shape index (κ2) is 6.11. The summed E-state index contributed by atoms with van der Waals surface area (Å²) in [5, 5.41) is 10.4. The molecule has 0 aromatic carbocycles. The lowest BCUT2D eigenvalue weighted by molar-refractivity contribution is -0.0273. The van der Waals surface area contributed by atoms with Gasteiger partial charge in [0.1, 0.15) is 0 Å². The lowest BCUT2D eigenvalue weighted by Crippen LogP contribution is -2.51. The Hall–Kier alpha value is -0.120. The van der Waals surface area contributed by atoms with Gasteiger partial charge in [0.25, 0.3) is 0 Å². The molecule has 3 unspecified atom stereocenters. The highest BCUT2D eigenvalue weighted by atomic mass is 16.5. The highest BCUT2D eigenvalue weighted by molar-refractivity contribution is 4.96. The van der Waals surface area contributed by atoms with Gasteiger partial charge in [0.2, 0.25) is 0 Å². The van der Waals surface area contributed by atoms with Crippen LogP contribution in [0.15, 0.2) is 0 Å². The summed E-state index contributed by atoms with van der Waals surface area (Å²) in [6.07, 6.45) is 5.73. The van der Waals surface area contributed by atoms with Crippen molar-refractivity contribution in [3.8, 4) is 0 Å². The van der Waals surface area contributed by atoms with Gasteiger partial charge in [0.15, 0.2) is 0 Å². The van der Waals surface area contributed by atoms with Crippen molar-refractivity contribution in [2.45, 2.75) is 71.1 Å². The van der Waals surface area contributed by atoms with Crippen LogP contribution in [0.1, 0.15) is 52.9 Å². The minimum Gasteiger partial charge on any atom is -0.391 e. The molecule has 3 heteroatoms. The van der Waals surface area contributed by atoms with Gasteiger partial charge < -0.3 is 9.84 Å². The molecule has 0 heterocycles. The average molecular weight is 269 g/mol. The van der Waals surface area contributed by atoms with E-state index in [1.54, 1.807) is 7.11 Å². The number of nitrogens with zero attached hydrogens (tertiary/aromatic N) is 1. The van der Waals surface area contributed by atoms with Crippen molar-refractivity contribution in [3.05, 3.63) is 0 Å². The molecule has 0 aliphatic heterocycles. The molecule has 2 rings (SSSR count). The Morgan fingerprint density at radius 1 is 1.16 bits per heavy atom. The number of hydrogen-bond acceptors (Lipinski definition) is 3. The van der Waals surface area contributed by atoms with Crippen molar-refractivity contribution in [2.75, 3.05) is 20.3 Å². The SMILES string of the molecule is COCCN(C1CC1)C1CC(C(C)(C)C)CCC1O. The Kier molecular flexibility index (Phi) is 4.91. The number of aliphatic hydroxyl groups excluding tert-OH is 1. The van der Waals surface area contributed by atoms with Crippen molar-refractivity contribution in [1.82, 2.24) is 4.90 Å². The van der Waals surface area contributed by atoms with Gasteiger partial charge in [-0.15, -0.1) is 0 Å². The first-order valence-electron chi connectivity index (χ1n) is 7.86. The van der Waals surface area contributed by atoms with Crippen LogP contribution in [0.4, 0.5) is 0 Å². The fraction of sp³-hybridized carbons (Fsp3) is 1.00. The fourth-order valence-corrected chi connectivity index (χ4v) is 3.50. The van der Waals surface area contributed by atoms with Crippen LogP contribution in [0.25, 0.3) is 0 Å². The normalized spacial score (nSPS) is 32.8. The van der Waals surface area contributed by atoms with E-state index in [2.05, 4.69) is 25.7 Å². The van der Waals surface area contributed by atoms with Crippen molar-refractivity contribution >= 4 is 0 Å². The van der Waals surface area contributed by atoms with Crippen LogP contribution >= 0.6 is 0 Å². The molecule has 0 saturated heterocycles. The van der Waals surface area contributed by atoms with E-state index < -0.39 is 0 Å². The monoisotopic (exact) mass is 269 g/mol. The minimum atomic E-state index is -0.143. The lowest BCUT2D eigenvalue weighted by Gasteiger charge is -2.44. The molecule has 2 fully saturated rings. The Morgan fingerprint density at radius 2 is 1.84 bits per heavy atom. The van der Waals surface area contributed by atoms with Gasteiger partial charge in [-0.05, 0) is 43.4 Å². The number of rotatable bonds is 5. The van der Waals surface area contributed by atoms with Crippen LogP contribution in [0.2, 0.25) is 0 Å². The van der Waals surface area contributed by atoms with Gasteiger partial charge in [-0.1, -0.05) is 20.8 Å². The maximum atomic E-state index is 10.4. The first-order valence-corrected chi connectivity index (χ1v) is 7.86. The Morgan fingerprint density at radius 3 is 2.37 bits per heavy atom. The summed E-state index contributed by atoms with van der Waals surface area (Å²) in [4.78, 5) is 2.53. The van der Waals surface area contributed by atoms with E-state index in [1.165, 1.54) is 19.3 Å². The summed E-state index contributed by atoms with van der Waals surface area (Å²) >= 11 is 0. The molecule has 0 radical (unpaired) electrons. The third kappa shape index (κ3) is 3.93. The third-order valence-electron chi connectivity index (χ3n) is 5.00. The number of methoxy groups -OCH3 is 1. The molecule has 0 bridgehead atoms. The van der Waals surface area contributed by atoms with Gasteiger partial charge in [-0.3, -0.25) is 4.90 Å². The summed E-state index contributed by atoms with van der Waals surface area (Å²) < 4.78 is 5.25. The van der Waals surface area contributed by atoms with Crippen LogP contribution in [-0.4, -0.2) is 48.5 Å². The topological polar surface area (TPSA) is 32.7 Å². The van der Waals surface area contributed by atoms with Gasteiger partial charge >= 0.3 is 0 Å². The highest BCUT2D eigenvalue weighted by Crippen LogP contribution is 2.41. The predicted molar refractivity (Wildman–Crippen MR) is 78.2 cm³/mol. The fourth-order valence-electron chi connectivity index (χ4n) is 3.50. The maximum Gasteiger partial charge on any atom is 0.0695 e. The summed E-state index contributed by atoms with van der Waals surface area (Å²) in [7, 11) is 1.76. The van der Waals surface area contributed by atoms with E-state index in [1.807, 2.05) is 0 Å². The predicted octanol–water partition coefficient (Wildman–Crippen LogP) is 2.67.